The van der Waals surface area contributed by atoms with Crippen molar-refractivity contribution in [3.63, 3.8) is 0 Å². The van der Waals surface area contributed by atoms with Crippen LogP contribution < -0.4 is 5.32 Å². The van der Waals surface area contributed by atoms with Gasteiger partial charge in [0.15, 0.2) is 0 Å². The lowest BCUT2D eigenvalue weighted by atomic mass is 9.93. The Morgan fingerprint density at radius 1 is 1.47 bits per heavy atom. The van der Waals surface area contributed by atoms with Crippen LogP contribution in [0.4, 0.5) is 0 Å². The fourth-order valence-electron chi connectivity index (χ4n) is 2.94. The normalized spacial score (nSPS) is 38.9. The van der Waals surface area contributed by atoms with E-state index in [9.17, 15) is 4.21 Å². The Morgan fingerprint density at radius 3 is 2.93 bits per heavy atom. The number of fused-ring (bicyclic) bond motifs is 2. The molecule has 3 nitrogen and oxygen atoms in total. The second kappa shape index (κ2) is 4.93. The molecule has 2 aliphatic rings. The summed E-state index contributed by atoms with van der Waals surface area (Å²) in [6.07, 6.45) is 4.40. The summed E-state index contributed by atoms with van der Waals surface area (Å²) in [5.41, 5.74) is 0. The van der Waals surface area contributed by atoms with E-state index in [1.807, 2.05) is 0 Å². The van der Waals surface area contributed by atoms with Crippen molar-refractivity contribution in [3.05, 3.63) is 0 Å². The van der Waals surface area contributed by atoms with E-state index in [1.165, 1.54) is 32.5 Å². The van der Waals surface area contributed by atoms with E-state index in [4.69, 9.17) is 0 Å². The summed E-state index contributed by atoms with van der Waals surface area (Å²) in [6.45, 7) is 5.97. The zero-order valence-electron chi connectivity index (χ0n) is 9.74. The predicted molar refractivity (Wildman–Crippen MR) is 64.5 cm³/mol. The first-order valence-corrected chi connectivity index (χ1v) is 7.66. The quantitative estimate of drug-likeness (QED) is 0.760. The van der Waals surface area contributed by atoms with Crippen molar-refractivity contribution in [3.8, 4) is 0 Å². The lowest BCUT2D eigenvalue weighted by molar-refractivity contribution is 0.214. The minimum atomic E-state index is -0.676. The first-order valence-electron chi connectivity index (χ1n) is 5.93. The summed E-state index contributed by atoms with van der Waals surface area (Å²) >= 11 is 0. The largest absolute Gasteiger partial charge is 0.310 e. The highest BCUT2D eigenvalue weighted by Gasteiger charge is 2.34. The first-order chi connectivity index (χ1) is 7.15. The molecule has 1 N–H and O–H groups in total. The number of nitrogens with zero attached hydrogens (tertiary/aromatic N) is 1. The maximum Gasteiger partial charge on any atom is 0.0383 e. The van der Waals surface area contributed by atoms with Crippen LogP contribution in [0, 0.1) is 5.92 Å². The van der Waals surface area contributed by atoms with Gasteiger partial charge < -0.3 is 10.2 Å². The molecule has 0 aliphatic carbocycles. The smallest absolute Gasteiger partial charge is 0.0383 e. The third-order valence-corrected chi connectivity index (χ3v) is 4.59. The molecular weight excluding hydrogens is 208 g/mol. The predicted octanol–water partition coefficient (Wildman–Crippen LogP) is 0.437. The molecule has 0 aromatic heterocycles. The van der Waals surface area contributed by atoms with Crippen molar-refractivity contribution in [1.29, 1.82) is 0 Å². The van der Waals surface area contributed by atoms with Crippen LogP contribution in [0.3, 0.4) is 0 Å². The van der Waals surface area contributed by atoms with Gasteiger partial charge in [-0.3, -0.25) is 4.21 Å². The van der Waals surface area contributed by atoms with E-state index in [2.05, 4.69) is 17.1 Å². The fourth-order valence-corrected chi connectivity index (χ4v) is 3.74. The number of hydrogen-bond donors (Lipinski definition) is 1. The minimum Gasteiger partial charge on any atom is -0.310 e. The fraction of sp³-hybridized carbons (Fsp3) is 1.00. The molecule has 5 atom stereocenters. The van der Waals surface area contributed by atoms with Gasteiger partial charge in [-0.15, -0.1) is 0 Å². The van der Waals surface area contributed by atoms with Crippen LogP contribution in [0.5, 0.6) is 0 Å². The van der Waals surface area contributed by atoms with Crippen LogP contribution >= 0.6 is 0 Å². The van der Waals surface area contributed by atoms with Crippen LogP contribution in [0.1, 0.15) is 19.8 Å². The van der Waals surface area contributed by atoms with Gasteiger partial charge in [0, 0.05) is 41.4 Å². The summed E-state index contributed by atoms with van der Waals surface area (Å²) < 4.78 is 11.1. The Hall–Kier alpha value is 0.0700. The minimum absolute atomic E-state index is 0.396. The van der Waals surface area contributed by atoms with E-state index in [1.54, 1.807) is 6.26 Å². The summed E-state index contributed by atoms with van der Waals surface area (Å²) in [7, 11) is -0.676. The highest BCUT2D eigenvalue weighted by molar-refractivity contribution is 7.84. The summed E-state index contributed by atoms with van der Waals surface area (Å²) in [5, 5.41) is 3.66. The second-order valence-electron chi connectivity index (χ2n) is 5.05. The van der Waals surface area contributed by atoms with Crippen LogP contribution in [-0.2, 0) is 10.8 Å². The molecule has 2 saturated heterocycles. The number of rotatable bonds is 4. The molecule has 0 saturated carbocycles. The van der Waals surface area contributed by atoms with Crippen molar-refractivity contribution in [2.24, 2.45) is 5.92 Å². The van der Waals surface area contributed by atoms with Gasteiger partial charge in [0.25, 0.3) is 0 Å². The third kappa shape index (κ3) is 3.02. The zero-order valence-corrected chi connectivity index (χ0v) is 10.6. The van der Waals surface area contributed by atoms with Gasteiger partial charge in [-0.1, -0.05) is 0 Å². The Bertz CT molecular complexity index is 247. The van der Waals surface area contributed by atoms with Gasteiger partial charge >= 0.3 is 0 Å². The Balaban J connectivity index is 1.81. The lowest BCUT2D eigenvalue weighted by Crippen LogP contribution is -2.48. The molecule has 2 aliphatic heterocycles. The van der Waals surface area contributed by atoms with Crippen LogP contribution in [0.15, 0.2) is 0 Å². The van der Waals surface area contributed by atoms with Crippen LogP contribution in [0.2, 0.25) is 0 Å². The first kappa shape index (κ1) is 11.6. The van der Waals surface area contributed by atoms with Gasteiger partial charge in [0.05, 0.1) is 0 Å². The van der Waals surface area contributed by atoms with Crippen molar-refractivity contribution >= 4 is 10.8 Å². The summed E-state index contributed by atoms with van der Waals surface area (Å²) in [6, 6.07) is 1.07. The standard InChI is InChI=1S/C11H22N2OS/c1-9(8-15(2)14)12-11-4-6-13-5-3-10(11)7-13/h9-12H,3-8H2,1-2H3. The molecule has 0 aromatic rings. The van der Waals surface area contributed by atoms with Crippen LogP contribution in [-0.4, -0.2) is 52.8 Å². The number of hydrogen-bond acceptors (Lipinski definition) is 3. The molecule has 0 radical (unpaired) electrons. The third-order valence-electron chi connectivity index (χ3n) is 3.62. The zero-order chi connectivity index (χ0) is 10.8. The monoisotopic (exact) mass is 230 g/mol. The van der Waals surface area contributed by atoms with Gasteiger partial charge in [0.1, 0.15) is 0 Å². The van der Waals surface area contributed by atoms with Crippen molar-refractivity contribution in [1.82, 2.24) is 10.2 Å². The molecule has 0 spiro atoms. The van der Waals surface area contributed by atoms with E-state index in [0.29, 0.717) is 12.1 Å². The maximum absolute atomic E-state index is 11.1. The van der Waals surface area contributed by atoms with Crippen LogP contribution in [0.25, 0.3) is 0 Å². The number of piperidine rings is 1. The molecule has 2 fully saturated rings. The average Bonchev–Trinajstić information content (AvgIpc) is 2.52. The molecule has 2 heterocycles. The van der Waals surface area contributed by atoms with E-state index in [-0.39, 0.29) is 0 Å². The van der Waals surface area contributed by atoms with E-state index >= 15 is 0 Å². The van der Waals surface area contributed by atoms with Gasteiger partial charge in [-0.05, 0) is 38.8 Å². The summed E-state index contributed by atoms with van der Waals surface area (Å²) in [5.74, 6) is 1.62. The number of nitrogens with one attached hydrogen (secondary N) is 1. The highest BCUT2D eigenvalue weighted by Crippen LogP contribution is 2.27. The highest BCUT2D eigenvalue weighted by atomic mass is 32.2. The van der Waals surface area contributed by atoms with Crippen molar-refractivity contribution in [2.45, 2.75) is 31.8 Å². The maximum atomic E-state index is 11.1. The molecule has 4 heteroatoms. The van der Waals surface area contributed by atoms with E-state index in [0.717, 1.165) is 11.7 Å². The second-order valence-corrected chi connectivity index (χ2v) is 6.53. The lowest BCUT2D eigenvalue weighted by Gasteiger charge is -2.33. The van der Waals surface area contributed by atoms with E-state index < -0.39 is 10.8 Å². The van der Waals surface area contributed by atoms with Gasteiger partial charge in [0.2, 0.25) is 0 Å². The van der Waals surface area contributed by atoms with Crippen molar-refractivity contribution < 1.29 is 4.21 Å². The molecule has 2 bridgehead atoms. The Kier molecular flexibility index (Phi) is 3.80. The Morgan fingerprint density at radius 2 is 2.20 bits per heavy atom. The van der Waals surface area contributed by atoms with Gasteiger partial charge in [-0.2, -0.15) is 0 Å². The molecule has 5 unspecified atom stereocenters. The molecule has 0 aromatic carbocycles. The van der Waals surface area contributed by atoms with Crippen molar-refractivity contribution in [2.75, 3.05) is 31.6 Å². The molecule has 0 amide bonds. The molecular formula is C11H22N2OS. The molecule has 15 heavy (non-hydrogen) atoms. The molecule has 88 valence electrons. The summed E-state index contributed by atoms with van der Waals surface area (Å²) in [4.78, 5) is 2.56. The average molecular weight is 230 g/mol. The topological polar surface area (TPSA) is 32.3 Å². The SMILES string of the molecule is CC(CS(C)=O)NC1CCN2CCC1C2. The Labute approximate surface area is 95.1 Å². The van der Waals surface area contributed by atoms with Gasteiger partial charge in [-0.25, -0.2) is 0 Å². The molecule has 2 rings (SSSR count).